The summed E-state index contributed by atoms with van der Waals surface area (Å²) in [5.74, 6) is -0.295. The first-order chi connectivity index (χ1) is 7.72. The predicted octanol–water partition coefficient (Wildman–Crippen LogP) is 3.29. The molecule has 0 saturated heterocycles. The highest BCUT2D eigenvalue weighted by atomic mass is 16.5. The Labute approximate surface area is 95.4 Å². The zero-order valence-electron chi connectivity index (χ0n) is 10.1. The summed E-state index contributed by atoms with van der Waals surface area (Å²) in [6.45, 7) is 5.96. The van der Waals surface area contributed by atoms with Crippen LogP contribution < -0.4 is 0 Å². The van der Waals surface area contributed by atoms with E-state index < -0.39 is 0 Å². The van der Waals surface area contributed by atoms with Gasteiger partial charge in [-0.05, 0) is 30.7 Å². The monoisotopic (exact) mass is 219 g/mol. The maximum Gasteiger partial charge on any atom is 0.337 e. The van der Waals surface area contributed by atoms with Gasteiger partial charge in [0.1, 0.15) is 0 Å². The SMILES string of the molecule is CC.COC(=O)c1cc(C)c2[nH]ccc2c1. The lowest BCUT2D eigenvalue weighted by Crippen LogP contribution is -2.01. The van der Waals surface area contributed by atoms with E-state index in [-0.39, 0.29) is 5.97 Å². The first-order valence-corrected chi connectivity index (χ1v) is 5.38. The maximum absolute atomic E-state index is 11.3. The molecule has 0 aliphatic heterocycles. The van der Waals surface area contributed by atoms with Gasteiger partial charge in [0.2, 0.25) is 0 Å². The molecule has 16 heavy (non-hydrogen) atoms. The highest BCUT2D eigenvalue weighted by molar-refractivity contribution is 5.95. The Bertz CT molecular complexity index is 486. The Kier molecular flexibility index (Phi) is 4.11. The second kappa shape index (κ2) is 5.35. The zero-order chi connectivity index (χ0) is 12.1. The zero-order valence-corrected chi connectivity index (χ0v) is 10.1. The Morgan fingerprint density at radius 2 is 2.00 bits per heavy atom. The van der Waals surface area contributed by atoms with E-state index in [1.54, 1.807) is 0 Å². The molecule has 2 rings (SSSR count). The third-order valence-electron chi connectivity index (χ3n) is 2.28. The van der Waals surface area contributed by atoms with E-state index >= 15 is 0 Å². The molecule has 1 N–H and O–H groups in total. The number of fused-ring (bicyclic) bond motifs is 1. The summed E-state index contributed by atoms with van der Waals surface area (Å²) in [5, 5.41) is 1.03. The molecular weight excluding hydrogens is 202 g/mol. The first-order valence-electron chi connectivity index (χ1n) is 5.38. The molecule has 0 radical (unpaired) electrons. The molecule has 3 nitrogen and oxygen atoms in total. The molecule has 1 aromatic carbocycles. The number of ether oxygens (including phenoxy) is 1. The second-order valence-electron chi connectivity index (χ2n) is 3.23. The molecule has 0 saturated carbocycles. The number of aromatic amines is 1. The number of rotatable bonds is 1. The molecule has 0 atom stereocenters. The molecule has 3 heteroatoms. The van der Waals surface area contributed by atoms with Crippen LogP contribution in [0, 0.1) is 6.92 Å². The molecule has 0 unspecified atom stereocenters. The van der Waals surface area contributed by atoms with Crippen LogP contribution in [-0.4, -0.2) is 18.1 Å². The minimum absolute atomic E-state index is 0.295. The van der Waals surface area contributed by atoms with Gasteiger partial charge < -0.3 is 9.72 Å². The van der Waals surface area contributed by atoms with E-state index in [0.29, 0.717) is 5.56 Å². The molecule has 86 valence electrons. The standard InChI is InChI=1S/C11H11NO2.C2H6/c1-7-5-9(11(13)14-2)6-8-3-4-12-10(7)8;1-2/h3-6,12H,1-2H3;1-2H3. The average molecular weight is 219 g/mol. The lowest BCUT2D eigenvalue weighted by Gasteiger charge is -2.02. The van der Waals surface area contributed by atoms with Crippen molar-refractivity contribution in [3.63, 3.8) is 0 Å². The summed E-state index contributed by atoms with van der Waals surface area (Å²) in [6.07, 6.45) is 1.86. The Morgan fingerprint density at radius 1 is 1.31 bits per heavy atom. The number of H-pyrrole nitrogens is 1. The Hall–Kier alpha value is -1.77. The first kappa shape index (κ1) is 12.3. The van der Waals surface area contributed by atoms with Crippen molar-refractivity contribution in [2.24, 2.45) is 0 Å². The third kappa shape index (κ3) is 2.24. The van der Waals surface area contributed by atoms with Crippen molar-refractivity contribution in [1.82, 2.24) is 4.98 Å². The Morgan fingerprint density at radius 3 is 2.62 bits per heavy atom. The smallest absolute Gasteiger partial charge is 0.337 e. The van der Waals surface area contributed by atoms with Crippen LogP contribution in [0.1, 0.15) is 29.8 Å². The van der Waals surface area contributed by atoms with Gasteiger partial charge in [0.05, 0.1) is 12.7 Å². The van der Waals surface area contributed by atoms with Gasteiger partial charge in [-0.1, -0.05) is 13.8 Å². The highest BCUT2D eigenvalue weighted by Gasteiger charge is 2.08. The topological polar surface area (TPSA) is 42.1 Å². The summed E-state index contributed by atoms with van der Waals surface area (Å²) < 4.78 is 4.67. The van der Waals surface area contributed by atoms with Crippen LogP contribution in [0.3, 0.4) is 0 Å². The van der Waals surface area contributed by atoms with E-state index in [2.05, 4.69) is 9.72 Å². The van der Waals surface area contributed by atoms with Crippen molar-refractivity contribution in [1.29, 1.82) is 0 Å². The number of aryl methyl sites for hydroxylation is 1. The van der Waals surface area contributed by atoms with E-state index in [4.69, 9.17) is 0 Å². The van der Waals surface area contributed by atoms with Crippen molar-refractivity contribution >= 4 is 16.9 Å². The number of carbonyl (C=O) groups is 1. The number of aromatic nitrogens is 1. The molecule has 1 heterocycles. The van der Waals surface area contributed by atoms with Crippen LogP contribution in [0.4, 0.5) is 0 Å². The van der Waals surface area contributed by atoms with E-state index in [0.717, 1.165) is 16.5 Å². The van der Waals surface area contributed by atoms with Crippen LogP contribution in [-0.2, 0) is 4.74 Å². The van der Waals surface area contributed by atoms with Gasteiger partial charge in [-0.15, -0.1) is 0 Å². The quantitative estimate of drug-likeness (QED) is 0.748. The number of esters is 1. The molecule has 1 aromatic heterocycles. The van der Waals surface area contributed by atoms with Crippen molar-refractivity contribution in [2.75, 3.05) is 7.11 Å². The van der Waals surface area contributed by atoms with Gasteiger partial charge in [-0.3, -0.25) is 0 Å². The number of hydrogen-bond acceptors (Lipinski definition) is 2. The van der Waals surface area contributed by atoms with Gasteiger partial charge >= 0.3 is 5.97 Å². The summed E-state index contributed by atoms with van der Waals surface area (Å²) in [7, 11) is 1.39. The molecule has 0 bridgehead atoms. The minimum Gasteiger partial charge on any atom is -0.465 e. The normalized spacial score (nSPS) is 9.50. The minimum atomic E-state index is -0.295. The fourth-order valence-electron chi connectivity index (χ4n) is 1.59. The molecule has 0 amide bonds. The van der Waals surface area contributed by atoms with Crippen LogP contribution in [0.2, 0.25) is 0 Å². The van der Waals surface area contributed by atoms with Gasteiger partial charge in [0.15, 0.2) is 0 Å². The summed E-state index contributed by atoms with van der Waals surface area (Å²) >= 11 is 0. The van der Waals surface area contributed by atoms with Crippen LogP contribution in [0.5, 0.6) is 0 Å². The number of hydrogen-bond donors (Lipinski definition) is 1. The molecule has 0 aliphatic carbocycles. The third-order valence-corrected chi connectivity index (χ3v) is 2.28. The number of nitrogens with one attached hydrogen (secondary N) is 1. The fourth-order valence-corrected chi connectivity index (χ4v) is 1.59. The summed E-state index contributed by atoms with van der Waals surface area (Å²) in [6, 6.07) is 5.59. The van der Waals surface area contributed by atoms with E-state index in [1.807, 2.05) is 45.2 Å². The maximum atomic E-state index is 11.3. The highest BCUT2D eigenvalue weighted by Crippen LogP contribution is 2.19. The van der Waals surface area contributed by atoms with Crippen LogP contribution in [0.15, 0.2) is 24.4 Å². The van der Waals surface area contributed by atoms with Gasteiger partial charge in [0, 0.05) is 17.1 Å². The molecule has 0 fully saturated rings. The molecule has 0 aliphatic rings. The molecule has 2 aromatic rings. The van der Waals surface area contributed by atoms with Gasteiger partial charge in [-0.25, -0.2) is 4.79 Å². The van der Waals surface area contributed by atoms with Crippen LogP contribution in [0.25, 0.3) is 10.9 Å². The Balaban J connectivity index is 0.000000606. The van der Waals surface area contributed by atoms with Gasteiger partial charge in [0.25, 0.3) is 0 Å². The molecular formula is C13H17NO2. The van der Waals surface area contributed by atoms with E-state index in [9.17, 15) is 4.79 Å². The van der Waals surface area contributed by atoms with Crippen molar-refractivity contribution in [3.8, 4) is 0 Å². The number of methoxy groups -OCH3 is 1. The van der Waals surface area contributed by atoms with Crippen molar-refractivity contribution < 1.29 is 9.53 Å². The predicted molar refractivity (Wildman–Crippen MR) is 65.7 cm³/mol. The second-order valence-corrected chi connectivity index (χ2v) is 3.23. The van der Waals surface area contributed by atoms with Crippen LogP contribution >= 0.6 is 0 Å². The number of carbonyl (C=O) groups excluding carboxylic acids is 1. The molecule has 0 spiro atoms. The largest absolute Gasteiger partial charge is 0.465 e. The summed E-state index contributed by atoms with van der Waals surface area (Å²) in [4.78, 5) is 14.4. The summed E-state index contributed by atoms with van der Waals surface area (Å²) in [5.41, 5.74) is 2.71. The number of benzene rings is 1. The fraction of sp³-hybridized carbons (Fsp3) is 0.308. The van der Waals surface area contributed by atoms with Crippen molar-refractivity contribution in [3.05, 3.63) is 35.5 Å². The lowest BCUT2D eigenvalue weighted by atomic mass is 10.1. The van der Waals surface area contributed by atoms with Gasteiger partial charge in [-0.2, -0.15) is 0 Å². The van der Waals surface area contributed by atoms with E-state index in [1.165, 1.54) is 7.11 Å². The lowest BCUT2D eigenvalue weighted by molar-refractivity contribution is 0.0601. The average Bonchev–Trinajstić information content (AvgIpc) is 2.79. The van der Waals surface area contributed by atoms with Crippen molar-refractivity contribution in [2.45, 2.75) is 20.8 Å².